The molecule has 3 N–H and O–H groups in total. The Kier molecular flexibility index (Phi) is 7.13. The van der Waals surface area contributed by atoms with Gasteiger partial charge in [0.05, 0.1) is 29.5 Å². The van der Waals surface area contributed by atoms with Crippen molar-refractivity contribution in [2.24, 2.45) is 5.92 Å². The summed E-state index contributed by atoms with van der Waals surface area (Å²) < 4.78 is 28.3. The lowest BCUT2D eigenvalue weighted by molar-refractivity contribution is -0.903. The van der Waals surface area contributed by atoms with Crippen LogP contribution < -0.4 is 14.9 Å². The maximum Gasteiger partial charge on any atom is 0.293 e. The van der Waals surface area contributed by atoms with Gasteiger partial charge < -0.3 is 10.2 Å². The van der Waals surface area contributed by atoms with E-state index < -0.39 is 14.9 Å². The molecule has 1 aromatic carbocycles. The van der Waals surface area contributed by atoms with Crippen LogP contribution in [-0.2, 0) is 10.0 Å². The SMILES string of the molecule is CC[NH+]1CCC(Nc2ccc(S(=O)(=O)NC3CCC(C)CC3)cc2[N+](=O)[O-])CC1. The van der Waals surface area contributed by atoms with Crippen LogP contribution in [0.25, 0.3) is 0 Å². The first-order valence-corrected chi connectivity index (χ1v) is 12.2. The summed E-state index contributed by atoms with van der Waals surface area (Å²) in [6, 6.07) is 4.26. The fraction of sp³-hybridized carbons (Fsp3) is 0.700. The van der Waals surface area contributed by atoms with Crippen LogP contribution in [0.5, 0.6) is 0 Å². The van der Waals surface area contributed by atoms with Crippen molar-refractivity contribution in [1.29, 1.82) is 0 Å². The van der Waals surface area contributed by atoms with Crippen molar-refractivity contribution in [2.75, 3.05) is 25.0 Å². The average molecular weight is 426 g/mol. The molecule has 1 aliphatic carbocycles. The Morgan fingerprint density at radius 2 is 1.76 bits per heavy atom. The molecule has 1 saturated heterocycles. The largest absolute Gasteiger partial charge is 0.376 e. The third-order valence-electron chi connectivity index (χ3n) is 6.37. The zero-order valence-corrected chi connectivity index (χ0v) is 18.1. The Labute approximate surface area is 173 Å². The van der Waals surface area contributed by atoms with Crippen molar-refractivity contribution in [1.82, 2.24) is 4.72 Å². The molecule has 0 unspecified atom stereocenters. The molecular formula is C20H33N4O4S+. The second kappa shape index (κ2) is 9.40. The normalized spacial score (nSPS) is 28.1. The van der Waals surface area contributed by atoms with E-state index in [2.05, 4.69) is 23.9 Å². The number of hydrogen-bond acceptors (Lipinski definition) is 5. The van der Waals surface area contributed by atoms with E-state index in [1.807, 2.05) is 0 Å². The van der Waals surface area contributed by atoms with Crippen LogP contribution in [0.1, 0.15) is 52.4 Å². The molecule has 9 heteroatoms. The number of quaternary nitrogens is 1. The Hall–Kier alpha value is -1.71. The van der Waals surface area contributed by atoms with Crippen molar-refractivity contribution in [2.45, 2.75) is 69.4 Å². The van der Waals surface area contributed by atoms with Gasteiger partial charge in [-0.2, -0.15) is 0 Å². The van der Waals surface area contributed by atoms with Gasteiger partial charge in [-0.3, -0.25) is 10.1 Å². The van der Waals surface area contributed by atoms with E-state index in [4.69, 9.17) is 0 Å². The van der Waals surface area contributed by atoms with Crippen LogP contribution in [0.3, 0.4) is 0 Å². The van der Waals surface area contributed by atoms with Crippen molar-refractivity contribution in [3.05, 3.63) is 28.3 Å². The van der Waals surface area contributed by atoms with Gasteiger partial charge in [0, 0.05) is 31.0 Å². The summed E-state index contributed by atoms with van der Waals surface area (Å²) in [6.45, 7) is 7.51. The number of nitrogens with one attached hydrogen (secondary N) is 3. The van der Waals surface area contributed by atoms with Gasteiger partial charge in [0.25, 0.3) is 5.69 Å². The molecule has 0 spiro atoms. The van der Waals surface area contributed by atoms with Crippen LogP contribution in [0, 0.1) is 16.0 Å². The molecule has 2 aliphatic rings. The number of sulfonamides is 1. The third kappa shape index (κ3) is 5.67. The summed E-state index contributed by atoms with van der Waals surface area (Å²) in [5.74, 6) is 0.619. The number of anilines is 1. The summed E-state index contributed by atoms with van der Waals surface area (Å²) in [7, 11) is -3.78. The number of rotatable bonds is 7. The molecule has 1 aliphatic heterocycles. The molecule has 0 amide bonds. The van der Waals surface area contributed by atoms with Gasteiger partial charge >= 0.3 is 0 Å². The van der Waals surface area contributed by atoms with Crippen molar-refractivity contribution in [3.8, 4) is 0 Å². The molecule has 1 aromatic rings. The molecule has 0 atom stereocenters. The molecule has 0 aromatic heterocycles. The summed E-state index contributed by atoms with van der Waals surface area (Å²) in [5.41, 5.74) is 0.209. The number of benzene rings is 1. The first-order chi connectivity index (χ1) is 13.8. The molecular weight excluding hydrogens is 392 g/mol. The highest BCUT2D eigenvalue weighted by Gasteiger charge is 2.28. The van der Waals surface area contributed by atoms with Gasteiger partial charge in [-0.25, -0.2) is 13.1 Å². The topological polar surface area (TPSA) is 106 Å². The van der Waals surface area contributed by atoms with E-state index in [1.165, 1.54) is 18.2 Å². The predicted molar refractivity (Wildman–Crippen MR) is 113 cm³/mol. The Bertz CT molecular complexity index is 814. The van der Waals surface area contributed by atoms with Crippen molar-refractivity contribution in [3.63, 3.8) is 0 Å². The number of likely N-dealkylation sites (tertiary alicyclic amines) is 1. The number of hydrogen-bond donors (Lipinski definition) is 3. The predicted octanol–water partition coefficient (Wildman–Crippen LogP) is 1.93. The Morgan fingerprint density at radius 3 is 2.34 bits per heavy atom. The maximum atomic E-state index is 12.8. The Morgan fingerprint density at radius 1 is 1.10 bits per heavy atom. The molecule has 2 fully saturated rings. The van der Waals surface area contributed by atoms with Gasteiger partial charge in [-0.05, 0) is 50.7 Å². The van der Waals surface area contributed by atoms with Crippen molar-refractivity contribution >= 4 is 21.4 Å². The molecule has 0 radical (unpaired) electrons. The molecule has 3 rings (SSSR count). The van der Waals surface area contributed by atoms with Crippen LogP contribution in [0.2, 0.25) is 0 Å². The summed E-state index contributed by atoms with van der Waals surface area (Å²) >= 11 is 0. The highest BCUT2D eigenvalue weighted by Crippen LogP contribution is 2.30. The first-order valence-electron chi connectivity index (χ1n) is 10.7. The summed E-state index contributed by atoms with van der Waals surface area (Å²) in [4.78, 5) is 12.6. The number of nitrogens with zero attached hydrogens (tertiary/aromatic N) is 1. The quantitative estimate of drug-likeness (QED) is 0.457. The smallest absolute Gasteiger partial charge is 0.293 e. The van der Waals surface area contributed by atoms with Gasteiger partial charge in [0.1, 0.15) is 5.69 Å². The fourth-order valence-electron chi connectivity index (χ4n) is 4.36. The fourth-order valence-corrected chi connectivity index (χ4v) is 5.69. The first kappa shape index (κ1) is 22.0. The minimum atomic E-state index is -3.78. The summed E-state index contributed by atoms with van der Waals surface area (Å²) in [6.07, 6.45) is 5.49. The zero-order valence-electron chi connectivity index (χ0n) is 17.3. The van der Waals surface area contributed by atoms with Crippen LogP contribution in [0.4, 0.5) is 11.4 Å². The second-order valence-corrected chi connectivity index (χ2v) is 10.3. The minimum Gasteiger partial charge on any atom is -0.376 e. The molecule has 1 saturated carbocycles. The lowest BCUT2D eigenvalue weighted by Gasteiger charge is -2.29. The van der Waals surface area contributed by atoms with Crippen LogP contribution >= 0.6 is 0 Å². The van der Waals surface area contributed by atoms with E-state index in [0.29, 0.717) is 11.6 Å². The molecule has 29 heavy (non-hydrogen) atoms. The monoisotopic (exact) mass is 425 g/mol. The average Bonchev–Trinajstić information content (AvgIpc) is 2.70. The molecule has 162 valence electrons. The third-order valence-corrected chi connectivity index (χ3v) is 7.88. The van der Waals surface area contributed by atoms with Crippen LogP contribution in [0.15, 0.2) is 23.1 Å². The highest BCUT2D eigenvalue weighted by molar-refractivity contribution is 7.89. The van der Waals surface area contributed by atoms with Gasteiger partial charge in [0.15, 0.2) is 0 Å². The molecule has 0 bridgehead atoms. The van der Waals surface area contributed by atoms with E-state index in [-0.39, 0.29) is 22.7 Å². The van der Waals surface area contributed by atoms with E-state index >= 15 is 0 Å². The van der Waals surface area contributed by atoms with Gasteiger partial charge in [-0.1, -0.05) is 6.92 Å². The Balaban J connectivity index is 1.72. The maximum absolute atomic E-state index is 12.8. The lowest BCUT2D eigenvalue weighted by Crippen LogP contribution is -3.13. The molecule has 8 nitrogen and oxygen atoms in total. The summed E-state index contributed by atoms with van der Waals surface area (Å²) in [5, 5.41) is 14.9. The van der Waals surface area contributed by atoms with Crippen LogP contribution in [-0.4, -0.2) is 45.1 Å². The second-order valence-electron chi connectivity index (χ2n) is 8.54. The zero-order chi connectivity index (χ0) is 21.0. The van der Waals surface area contributed by atoms with E-state index in [9.17, 15) is 18.5 Å². The highest BCUT2D eigenvalue weighted by atomic mass is 32.2. The number of nitro groups is 1. The molecule has 1 heterocycles. The standard InChI is InChI=1S/C20H32N4O4S/c1-3-23-12-10-16(11-13-23)21-19-9-8-18(14-20(19)24(25)26)29(27,28)22-17-6-4-15(2)5-7-17/h8-9,14-17,21-22H,3-7,10-13H2,1-2H3/p+1. The number of nitro benzene ring substituents is 1. The lowest BCUT2D eigenvalue weighted by atomic mass is 9.88. The van der Waals surface area contributed by atoms with Gasteiger partial charge in [-0.15, -0.1) is 0 Å². The number of piperidine rings is 1. The van der Waals surface area contributed by atoms with Crippen molar-refractivity contribution < 1.29 is 18.2 Å². The minimum absolute atomic E-state index is 0.0429. The van der Waals surface area contributed by atoms with Gasteiger partial charge in [0.2, 0.25) is 10.0 Å². The van der Waals surface area contributed by atoms with E-state index in [0.717, 1.165) is 58.2 Å². The van der Waals surface area contributed by atoms with E-state index in [1.54, 1.807) is 4.90 Å².